The first-order chi connectivity index (χ1) is 14.4. The third-order valence-electron chi connectivity index (χ3n) is 4.89. The normalized spacial score (nSPS) is 13.2. The van der Waals surface area contributed by atoms with E-state index < -0.39 is 5.91 Å². The summed E-state index contributed by atoms with van der Waals surface area (Å²) in [7, 11) is 1.68. The fraction of sp³-hybridized carbons (Fsp3) is 0.429. The lowest BCUT2D eigenvalue weighted by Gasteiger charge is -2.14. The molecule has 0 saturated heterocycles. The molecule has 5 N–H and O–H groups in total. The SMILES string of the molecule is CCc1nc(C(N)=O)c(Nc2ccc(F)c(CCNC(=O)CNC)c2)nc1C1CC1. The number of rotatable bonds is 10. The van der Waals surface area contributed by atoms with Crippen LogP contribution in [0.5, 0.6) is 0 Å². The molecule has 0 atom stereocenters. The molecule has 0 radical (unpaired) electrons. The summed E-state index contributed by atoms with van der Waals surface area (Å²) in [6, 6.07) is 4.54. The monoisotopic (exact) mass is 414 g/mol. The van der Waals surface area contributed by atoms with E-state index in [1.54, 1.807) is 19.2 Å². The molecule has 2 amide bonds. The van der Waals surface area contributed by atoms with Crippen molar-refractivity contribution in [1.29, 1.82) is 0 Å². The Balaban J connectivity index is 1.81. The molecule has 9 heteroatoms. The van der Waals surface area contributed by atoms with Gasteiger partial charge in [0.1, 0.15) is 5.82 Å². The fourth-order valence-corrected chi connectivity index (χ4v) is 3.23. The summed E-state index contributed by atoms with van der Waals surface area (Å²) in [6.45, 7) is 2.48. The lowest BCUT2D eigenvalue weighted by Crippen LogP contribution is -2.33. The first-order valence-electron chi connectivity index (χ1n) is 10.1. The van der Waals surface area contributed by atoms with Crippen LogP contribution in [-0.2, 0) is 17.6 Å². The van der Waals surface area contributed by atoms with Crippen molar-refractivity contribution in [2.75, 3.05) is 25.5 Å². The first kappa shape index (κ1) is 21.6. The van der Waals surface area contributed by atoms with E-state index in [2.05, 4.69) is 25.9 Å². The van der Waals surface area contributed by atoms with Gasteiger partial charge in [-0.1, -0.05) is 6.92 Å². The Hall–Kier alpha value is -3.07. The molecule has 1 fully saturated rings. The molecule has 1 aromatic heterocycles. The molecule has 160 valence electrons. The molecule has 2 aromatic rings. The van der Waals surface area contributed by atoms with Gasteiger partial charge < -0.3 is 21.7 Å². The molecule has 1 aliphatic rings. The van der Waals surface area contributed by atoms with E-state index in [-0.39, 0.29) is 29.8 Å². The van der Waals surface area contributed by atoms with Gasteiger partial charge in [0, 0.05) is 18.2 Å². The van der Waals surface area contributed by atoms with Crippen LogP contribution in [0.4, 0.5) is 15.9 Å². The van der Waals surface area contributed by atoms with Crippen molar-refractivity contribution >= 4 is 23.3 Å². The summed E-state index contributed by atoms with van der Waals surface area (Å²) in [6.07, 6.45) is 3.10. The second kappa shape index (κ2) is 9.62. The highest BCUT2D eigenvalue weighted by Crippen LogP contribution is 2.41. The standard InChI is InChI=1S/C21H27FN6O2/c1-3-16-18(12-4-5-12)28-21(19(27-16)20(23)30)26-14-6-7-15(22)13(10-14)8-9-25-17(29)11-24-2/h6-7,10,12,24H,3-5,8-9,11H2,1-2H3,(H2,23,30)(H,25,29)(H,26,28). The number of hydrogen-bond donors (Lipinski definition) is 4. The molecule has 1 saturated carbocycles. The molecule has 1 aromatic carbocycles. The summed E-state index contributed by atoms with van der Waals surface area (Å²) in [4.78, 5) is 32.6. The van der Waals surface area contributed by atoms with Crippen molar-refractivity contribution in [1.82, 2.24) is 20.6 Å². The number of nitrogens with zero attached hydrogens (tertiary/aromatic N) is 2. The second-order valence-electron chi connectivity index (χ2n) is 7.31. The van der Waals surface area contributed by atoms with Gasteiger partial charge in [-0.3, -0.25) is 9.59 Å². The minimum absolute atomic E-state index is 0.0708. The summed E-state index contributed by atoms with van der Waals surface area (Å²) in [5.41, 5.74) is 8.27. The van der Waals surface area contributed by atoms with Crippen LogP contribution in [0.2, 0.25) is 0 Å². The predicted octanol–water partition coefficient (Wildman–Crippen LogP) is 1.78. The topological polar surface area (TPSA) is 122 Å². The van der Waals surface area contributed by atoms with Crippen molar-refractivity contribution in [2.24, 2.45) is 5.73 Å². The van der Waals surface area contributed by atoms with Gasteiger partial charge in [0.25, 0.3) is 5.91 Å². The molecule has 0 spiro atoms. The number of aryl methyl sites for hydroxylation is 1. The number of aromatic nitrogens is 2. The Morgan fingerprint density at radius 2 is 2.03 bits per heavy atom. The van der Waals surface area contributed by atoms with E-state index in [4.69, 9.17) is 5.73 Å². The van der Waals surface area contributed by atoms with E-state index in [1.165, 1.54) is 6.07 Å². The van der Waals surface area contributed by atoms with E-state index in [0.29, 0.717) is 36.6 Å². The number of hydrogen-bond acceptors (Lipinski definition) is 6. The van der Waals surface area contributed by atoms with Gasteiger partial charge in [-0.15, -0.1) is 0 Å². The molecular formula is C21H27FN6O2. The van der Waals surface area contributed by atoms with Crippen molar-refractivity contribution in [3.05, 3.63) is 46.7 Å². The summed E-state index contributed by atoms with van der Waals surface area (Å²) >= 11 is 0. The number of halogens is 1. The Bertz CT molecular complexity index is 945. The number of carbonyl (C=O) groups is 2. The number of benzene rings is 1. The summed E-state index contributed by atoms with van der Waals surface area (Å²) in [5, 5.41) is 8.55. The molecule has 1 aliphatic carbocycles. The van der Waals surface area contributed by atoms with E-state index >= 15 is 0 Å². The number of amides is 2. The van der Waals surface area contributed by atoms with Crippen LogP contribution in [0.15, 0.2) is 18.2 Å². The van der Waals surface area contributed by atoms with Crippen LogP contribution in [0, 0.1) is 5.82 Å². The Morgan fingerprint density at radius 3 is 2.67 bits per heavy atom. The molecule has 1 heterocycles. The average Bonchev–Trinajstić information content (AvgIpc) is 3.55. The van der Waals surface area contributed by atoms with Crippen LogP contribution in [0.1, 0.15) is 53.1 Å². The van der Waals surface area contributed by atoms with Crippen LogP contribution in [0.3, 0.4) is 0 Å². The maximum absolute atomic E-state index is 14.2. The number of primary amides is 1. The largest absolute Gasteiger partial charge is 0.364 e. The number of anilines is 2. The predicted molar refractivity (Wildman–Crippen MR) is 112 cm³/mol. The zero-order valence-corrected chi connectivity index (χ0v) is 17.2. The highest BCUT2D eigenvalue weighted by atomic mass is 19.1. The van der Waals surface area contributed by atoms with E-state index in [1.807, 2.05) is 6.92 Å². The first-order valence-corrected chi connectivity index (χ1v) is 10.1. The second-order valence-corrected chi connectivity index (χ2v) is 7.31. The summed E-state index contributed by atoms with van der Waals surface area (Å²) < 4.78 is 14.2. The zero-order chi connectivity index (χ0) is 21.7. The van der Waals surface area contributed by atoms with Gasteiger partial charge in [-0.05, 0) is 56.5 Å². The molecule has 0 unspecified atom stereocenters. The van der Waals surface area contributed by atoms with Gasteiger partial charge in [0.2, 0.25) is 5.91 Å². The minimum Gasteiger partial charge on any atom is -0.364 e. The third kappa shape index (κ3) is 5.29. The van der Waals surface area contributed by atoms with Gasteiger partial charge in [0.15, 0.2) is 11.5 Å². The highest BCUT2D eigenvalue weighted by molar-refractivity contribution is 5.96. The lowest BCUT2D eigenvalue weighted by atomic mass is 10.1. The van der Waals surface area contributed by atoms with Crippen molar-refractivity contribution in [3.63, 3.8) is 0 Å². The van der Waals surface area contributed by atoms with Gasteiger partial charge in [-0.2, -0.15) is 0 Å². The molecule has 0 bridgehead atoms. The van der Waals surface area contributed by atoms with Crippen molar-refractivity contribution in [2.45, 2.75) is 38.5 Å². The Morgan fingerprint density at radius 1 is 1.27 bits per heavy atom. The third-order valence-corrected chi connectivity index (χ3v) is 4.89. The molecular weight excluding hydrogens is 387 g/mol. The van der Waals surface area contributed by atoms with Crippen LogP contribution in [0.25, 0.3) is 0 Å². The average molecular weight is 414 g/mol. The van der Waals surface area contributed by atoms with Gasteiger partial charge in [-0.25, -0.2) is 14.4 Å². The number of carbonyl (C=O) groups excluding carboxylic acids is 2. The fourth-order valence-electron chi connectivity index (χ4n) is 3.23. The van der Waals surface area contributed by atoms with Gasteiger partial charge in [0.05, 0.1) is 17.9 Å². The maximum Gasteiger partial charge on any atom is 0.271 e. The smallest absolute Gasteiger partial charge is 0.271 e. The van der Waals surface area contributed by atoms with Crippen LogP contribution >= 0.6 is 0 Å². The number of nitrogens with two attached hydrogens (primary N) is 1. The molecule has 0 aliphatic heterocycles. The van der Waals surface area contributed by atoms with E-state index in [9.17, 15) is 14.0 Å². The zero-order valence-electron chi connectivity index (χ0n) is 17.2. The Labute approximate surface area is 174 Å². The lowest BCUT2D eigenvalue weighted by molar-refractivity contribution is -0.120. The minimum atomic E-state index is -0.670. The van der Waals surface area contributed by atoms with Crippen LogP contribution in [-0.4, -0.2) is 41.9 Å². The van der Waals surface area contributed by atoms with Crippen molar-refractivity contribution in [3.8, 4) is 0 Å². The van der Waals surface area contributed by atoms with Crippen LogP contribution < -0.4 is 21.7 Å². The van der Waals surface area contributed by atoms with Crippen molar-refractivity contribution < 1.29 is 14.0 Å². The maximum atomic E-state index is 14.2. The summed E-state index contributed by atoms with van der Waals surface area (Å²) in [5.74, 6) is -0.556. The Kier molecular flexibility index (Phi) is 6.94. The molecule has 8 nitrogen and oxygen atoms in total. The van der Waals surface area contributed by atoms with E-state index in [0.717, 1.165) is 24.2 Å². The molecule has 3 rings (SSSR count). The number of likely N-dealkylation sites (N-methyl/N-ethyl adjacent to an activating group) is 1. The van der Waals surface area contributed by atoms with Gasteiger partial charge >= 0.3 is 0 Å². The molecule has 30 heavy (non-hydrogen) atoms. The quantitative estimate of drug-likeness (QED) is 0.470. The number of nitrogens with one attached hydrogen (secondary N) is 3. The highest BCUT2D eigenvalue weighted by Gasteiger charge is 2.30.